The van der Waals surface area contributed by atoms with Gasteiger partial charge in [0.15, 0.2) is 5.78 Å². The van der Waals surface area contributed by atoms with Gasteiger partial charge in [0.25, 0.3) is 0 Å². The Bertz CT molecular complexity index is 352. The van der Waals surface area contributed by atoms with Gasteiger partial charge < -0.3 is 4.74 Å². The first-order valence-corrected chi connectivity index (χ1v) is 5.04. The van der Waals surface area contributed by atoms with Crippen LogP contribution in [-0.4, -0.2) is 19.0 Å². The Hall–Kier alpha value is -0.930. The van der Waals surface area contributed by atoms with Crippen molar-refractivity contribution in [2.24, 2.45) is 0 Å². The van der Waals surface area contributed by atoms with Crippen molar-refractivity contribution in [3.63, 3.8) is 0 Å². The lowest BCUT2D eigenvalue weighted by Crippen LogP contribution is -2.11. The molecule has 0 aromatic heterocycles. The first-order valence-electron chi connectivity index (χ1n) is 4.67. The number of Topliss-reactive ketones (excluding diaryl/α,β-unsaturated/α-hetero) is 1. The Kier molecular flexibility index (Phi) is 4.72. The summed E-state index contributed by atoms with van der Waals surface area (Å²) in [6.07, 6.45) is 0.108. The maximum Gasteiger partial charge on any atom is 0.162 e. The van der Waals surface area contributed by atoms with Crippen molar-refractivity contribution in [3.8, 4) is 0 Å². The number of ether oxygens (including phenoxy) is 1. The molecule has 0 atom stereocenters. The lowest BCUT2D eigenvalue weighted by atomic mass is 10.1. The zero-order chi connectivity index (χ0) is 11.3. The highest BCUT2D eigenvalue weighted by atomic mass is 35.5. The summed E-state index contributed by atoms with van der Waals surface area (Å²) in [5.41, 5.74) is 0.501. The van der Waals surface area contributed by atoms with Crippen molar-refractivity contribution in [1.82, 2.24) is 0 Å². The number of hydrogen-bond donors (Lipinski definition) is 0. The van der Waals surface area contributed by atoms with E-state index >= 15 is 0 Å². The van der Waals surface area contributed by atoms with E-state index in [1.807, 2.05) is 6.92 Å². The first-order chi connectivity index (χ1) is 7.13. The van der Waals surface area contributed by atoms with Gasteiger partial charge in [-0.25, -0.2) is 4.39 Å². The third-order valence-electron chi connectivity index (χ3n) is 1.86. The monoisotopic (exact) mass is 230 g/mol. The van der Waals surface area contributed by atoms with E-state index in [-0.39, 0.29) is 18.8 Å². The molecule has 0 heterocycles. The smallest absolute Gasteiger partial charge is 0.162 e. The van der Waals surface area contributed by atoms with Crippen LogP contribution in [0.5, 0.6) is 0 Å². The molecule has 1 aromatic rings. The SMILES string of the molecule is CCOCC(=O)Cc1cc(F)ccc1Cl. The molecule has 15 heavy (non-hydrogen) atoms. The summed E-state index contributed by atoms with van der Waals surface area (Å²) < 4.78 is 17.8. The molecule has 0 spiro atoms. The standard InChI is InChI=1S/C11H12ClFO2/c1-2-15-7-10(14)6-8-5-9(13)3-4-11(8)12/h3-5H,2,6-7H2,1H3. The van der Waals surface area contributed by atoms with E-state index in [0.717, 1.165) is 0 Å². The number of rotatable bonds is 5. The van der Waals surface area contributed by atoms with E-state index in [4.69, 9.17) is 16.3 Å². The average Bonchev–Trinajstić information content (AvgIpc) is 2.20. The average molecular weight is 231 g/mol. The topological polar surface area (TPSA) is 26.3 Å². The van der Waals surface area contributed by atoms with E-state index in [1.54, 1.807) is 0 Å². The van der Waals surface area contributed by atoms with Crippen molar-refractivity contribution in [3.05, 3.63) is 34.6 Å². The lowest BCUT2D eigenvalue weighted by Gasteiger charge is -2.04. The fourth-order valence-electron chi connectivity index (χ4n) is 1.16. The summed E-state index contributed by atoms with van der Waals surface area (Å²) in [5, 5.41) is 0.404. The van der Waals surface area contributed by atoms with E-state index in [2.05, 4.69) is 0 Å². The fourth-order valence-corrected chi connectivity index (χ4v) is 1.34. The molecule has 82 valence electrons. The highest BCUT2D eigenvalue weighted by Crippen LogP contribution is 2.17. The fraction of sp³-hybridized carbons (Fsp3) is 0.364. The molecule has 1 aromatic carbocycles. The van der Waals surface area contributed by atoms with Crippen LogP contribution in [0.3, 0.4) is 0 Å². The largest absolute Gasteiger partial charge is 0.374 e. The molecule has 0 aliphatic carbocycles. The Balaban J connectivity index is 2.63. The maximum atomic E-state index is 12.8. The molecule has 0 amide bonds. The first kappa shape index (κ1) is 12.1. The number of hydrogen-bond acceptors (Lipinski definition) is 2. The zero-order valence-corrected chi connectivity index (χ0v) is 9.18. The Labute approximate surface area is 93.0 Å². The minimum absolute atomic E-state index is 0.0450. The maximum absolute atomic E-state index is 12.8. The van der Waals surface area contributed by atoms with Crippen molar-refractivity contribution >= 4 is 17.4 Å². The Morgan fingerprint density at radius 2 is 2.27 bits per heavy atom. The summed E-state index contributed by atoms with van der Waals surface area (Å²) in [4.78, 5) is 11.3. The summed E-state index contributed by atoms with van der Waals surface area (Å²) in [6, 6.07) is 3.98. The molecule has 0 radical (unpaired) electrons. The van der Waals surface area contributed by atoms with Crippen molar-refractivity contribution in [1.29, 1.82) is 0 Å². The molecular formula is C11H12ClFO2. The van der Waals surface area contributed by atoms with Crippen LogP contribution in [0.25, 0.3) is 0 Å². The quantitative estimate of drug-likeness (QED) is 0.777. The van der Waals surface area contributed by atoms with Crippen molar-refractivity contribution in [2.45, 2.75) is 13.3 Å². The van der Waals surface area contributed by atoms with Gasteiger partial charge in [-0.3, -0.25) is 4.79 Å². The minimum Gasteiger partial charge on any atom is -0.374 e. The minimum atomic E-state index is -0.390. The van der Waals surface area contributed by atoms with Crippen LogP contribution in [0.4, 0.5) is 4.39 Å². The van der Waals surface area contributed by atoms with Crippen LogP contribution in [0.1, 0.15) is 12.5 Å². The van der Waals surface area contributed by atoms with Crippen molar-refractivity contribution in [2.75, 3.05) is 13.2 Å². The second-order valence-corrected chi connectivity index (χ2v) is 3.50. The lowest BCUT2D eigenvalue weighted by molar-refractivity contribution is -0.122. The van der Waals surface area contributed by atoms with Gasteiger partial charge in [-0.1, -0.05) is 11.6 Å². The van der Waals surface area contributed by atoms with Crippen molar-refractivity contribution < 1.29 is 13.9 Å². The Morgan fingerprint density at radius 3 is 2.93 bits per heavy atom. The van der Waals surface area contributed by atoms with Crippen LogP contribution in [0.15, 0.2) is 18.2 Å². The van der Waals surface area contributed by atoms with Gasteiger partial charge in [-0.2, -0.15) is 0 Å². The predicted octanol–water partition coefficient (Wildman–Crippen LogP) is 2.63. The number of carbonyl (C=O) groups excluding carboxylic acids is 1. The van der Waals surface area contributed by atoms with E-state index in [1.165, 1.54) is 18.2 Å². The molecule has 0 saturated carbocycles. The van der Waals surface area contributed by atoms with Crippen LogP contribution < -0.4 is 0 Å². The van der Waals surface area contributed by atoms with Crippen LogP contribution >= 0.6 is 11.6 Å². The summed E-state index contributed by atoms with van der Waals surface area (Å²) >= 11 is 5.81. The summed E-state index contributed by atoms with van der Waals surface area (Å²) in [5.74, 6) is -0.497. The van der Waals surface area contributed by atoms with Gasteiger partial charge in [-0.05, 0) is 30.7 Å². The van der Waals surface area contributed by atoms with Gasteiger partial charge in [0.2, 0.25) is 0 Å². The van der Waals surface area contributed by atoms with Gasteiger partial charge >= 0.3 is 0 Å². The van der Waals surface area contributed by atoms with Crippen LogP contribution in [0.2, 0.25) is 5.02 Å². The normalized spacial score (nSPS) is 10.3. The molecular weight excluding hydrogens is 219 g/mol. The highest BCUT2D eigenvalue weighted by molar-refractivity contribution is 6.31. The predicted molar refractivity (Wildman–Crippen MR) is 56.6 cm³/mol. The number of benzene rings is 1. The van der Waals surface area contributed by atoms with Gasteiger partial charge in [0, 0.05) is 18.1 Å². The molecule has 0 fully saturated rings. The van der Waals surface area contributed by atoms with E-state index in [9.17, 15) is 9.18 Å². The zero-order valence-electron chi connectivity index (χ0n) is 8.43. The molecule has 2 nitrogen and oxygen atoms in total. The second-order valence-electron chi connectivity index (χ2n) is 3.09. The van der Waals surface area contributed by atoms with E-state index < -0.39 is 5.82 Å². The summed E-state index contributed by atoms with van der Waals surface area (Å²) in [7, 11) is 0. The van der Waals surface area contributed by atoms with E-state index in [0.29, 0.717) is 17.2 Å². The number of carbonyl (C=O) groups is 1. The molecule has 0 aliphatic heterocycles. The molecule has 0 bridgehead atoms. The highest BCUT2D eigenvalue weighted by Gasteiger charge is 2.08. The molecule has 0 N–H and O–H groups in total. The molecule has 0 aliphatic rings. The molecule has 0 unspecified atom stereocenters. The number of halogens is 2. The van der Waals surface area contributed by atoms with Crippen LogP contribution in [0, 0.1) is 5.82 Å². The van der Waals surface area contributed by atoms with Gasteiger partial charge in [-0.15, -0.1) is 0 Å². The summed E-state index contributed by atoms with van der Waals surface area (Å²) in [6.45, 7) is 2.34. The third-order valence-corrected chi connectivity index (χ3v) is 2.23. The third kappa shape index (κ3) is 3.98. The Morgan fingerprint density at radius 1 is 1.53 bits per heavy atom. The molecule has 0 saturated heterocycles. The second kappa shape index (κ2) is 5.83. The van der Waals surface area contributed by atoms with Crippen LogP contribution in [-0.2, 0) is 16.0 Å². The molecule has 1 rings (SSSR count). The molecule has 4 heteroatoms. The number of ketones is 1. The van der Waals surface area contributed by atoms with Gasteiger partial charge in [0.1, 0.15) is 12.4 Å². The van der Waals surface area contributed by atoms with Gasteiger partial charge in [0.05, 0.1) is 0 Å².